The Morgan fingerprint density at radius 3 is 1.88 bits per heavy atom. The first kappa shape index (κ1) is 38.6. The van der Waals surface area contributed by atoms with Gasteiger partial charge in [-0.2, -0.15) is 0 Å². The number of amides is 1. The van der Waals surface area contributed by atoms with Crippen molar-refractivity contribution in [3.63, 3.8) is 0 Å². The first-order valence-corrected chi connectivity index (χ1v) is 16.6. The van der Waals surface area contributed by atoms with Crippen LogP contribution in [-0.2, 0) is 19.1 Å². The lowest BCUT2D eigenvalue weighted by Crippen LogP contribution is -2.28. The summed E-state index contributed by atoms with van der Waals surface area (Å²) >= 11 is 0. The second-order valence-electron chi connectivity index (χ2n) is 11.1. The van der Waals surface area contributed by atoms with E-state index in [1.54, 1.807) is 0 Å². The van der Waals surface area contributed by atoms with Crippen LogP contribution in [0.15, 0.2) is 36.5 Å². The lowest BCUT2D eigenvalue weighted by Gasteiger charge is -2.15. The molecule has 0 fully saturated rings. The summed E-state index contributed by atoms with van der Waals surface area (Å²) in [7, 11) is 0. The Morgan fingerprint density at radius 1 is 0.659 bits per heavy atom. The number of esters is 1. The number of allylic oxidation sites excluding steroid dienone is 5. The maximum absolute atomic E-state index is 12.4. The highest BCUT2D eigenvalue weighted by Gasteiger charge is 2.11. The van der Waals surface area contributed by atoms with Gasteiger partial charge in [0.2, 0.25) is 5.91 Å². The molecule has 0 heterocycles. The van der Waals surface area contributed by atoms with Crippen LogP contribution < -0.4 is 5.32 Å². The van der Waals surface area contributed by atoms with Gasteiger partial charge in [-0.15, -0.1) is 0 Å². The quantitative estimate of drug-likeness (QED) is 0.0526. The standard InChI is InChI=1S/C35H61NO5/c1-3-5-7-8-9-10-11-12-13-14-15-16-17-18-19-20-26-30-35(40)41-32(27-23-6-4-2)28-24-21-22-25-29-33(37)36-31-34(38)39/h9-10,12-13,23,27,32H,3-8,11,14-22,24-26,28-31H2,1-2H3,(H,36,37)(H,38,39)/b10-9-,13-12-,27-23-. The molecule has 0 aromatic carbocycles. The molecule has 6 heteroatoms. The third-order valence-electron chi connectivity index (χ3n) is 7.00. The van der Waals surface area contributed by atoms with Crippen molar-refractivity contribution < 1.29 is 24.2 Å². The molecule has 0 radical (unpaired) electrons. The van der Waals surface area contributed by atoms with Gasteiger partial charge in [-0.05, 0) is 70.3 Å². The van der Waals surface area contributed by atoms with E-state index >= 15 is 0 Å². The van der Waals surface area contributed by atoms with Gasteiger partial charge in [0.25, 0.3) is 0 Å². The van der Waals surface area contributed by atoms with Crippen molar-refractivity contribution in [2.45, 2.75) is 161 Å². The number of ether oxygens (including phenoxy) is 1. The van der Waals surface area contributed by atoms with E-state index in [4.69, 9.17) is 9.84 Å². The van der Waals surface area contributed by atoms with Crippen LogP contribution in [0.5, 0.6) is 0 Å². The van der Waals surface area contributed by atoms with Crippen molar-refractivity contribution in [1.29, 1.82) is 0 Å². The van der Waals surface area contributed by atoms with Crippen molar-refractivity contribution in [3.05, 3.63) is 36.5 Å². The molecule has 6 nitrogen and oxygen atoms in total. The minimum Gasteiger partial charge on any atom is -0.480 e. The molecule has 1 amide bonds. The summed E-state index contributed by atoms with van der Waals surface area (Å²) in [6.45, 7) is 4.04. The molecule has 2 N–H and O–H groups in total. The average Bonchev–Trinajstić information content (AvgIpc) is 2.95. The van der Waals surface area contributed by atoms with Gasteiger partial charge < -0.3 is 15.2 Å². The Kier molecular flexibility index (Phi) is 28.8. The largest absolute Gasteiger partial charge is 0.480 e. The highest BCUT2D eigenvalue weighted by molar-refractivity contribution is 5.80. The van der Waals surface area contributed by atoms with Gasteiger partial charge in [0.05, 0.1) is 0 Å². The Morgan fingerprint density at radius 2 is 1.24 bits per heavy atom. The predicted octanol–water partition coefficient (Wildman–Crippen LogP) is 9.39. The fourth-order valence-corrected chi connectivity index (χ4v) is 4.52. The minimum atomic E-state index is -1.03. The molecule has 0 saturated heterocycles. The number of unbranched alkanes of at least 4 members (excludes halogenated alkanes) is 14. The summed E-state index contributed by atoms with van der Waals surface area (Å²) in [4.78, 5) is 34.5. The van der Waals surface area contributed by atoms with Gasteiger partial charge in [0.15, 0.2) is 0 Å². The fourth-order valence-electron chi connectivity index (χ4n) is 4.52. The number of hydrogen-bond acceptors (Lipinski definition) is 4. The van der Waals surface area contributed by atoms with Gasteiger partial charge in [0, 0.05) is 12.8 Å². The number of carboxylic acids is 1. The predicted molar refractivity (Wildman–Crippen MR) is 171 cm³/mol. The molecular weight excluding hydrogens is 514 g/mol. The van der Waals surface area contributed by atoms with Crippen LogP contribution in [0.3, 0.4) is 0 Å². The summed E-state index contributed by atoms with van der Waals surface area (Å²) in [5, 5.41) is 11.0. The Hall–Kier alpha value is -2.37. The number of rotatable bonds is 29. The van der Waals surface area contributed by atoms with Gasteiger partial charge >= 0.3 is 11.9 Å². The van der Waals surface area contributed by atoms with Crippen LogP contribution in [0.1, 0.15) is 155 Å². The fraction of sp³-hybridized carbons (Fsp3) is 0.743. The monoisotopic (exact) mass is 575 g/mol. The third-order valence-corrected chi connectivity index (χ3v) is 7.00. The molecule has 41 heavy (non-hydrogen) atoms. The highest BCUT2D eigenvalue weighted by Crippen LogP contribution is 2.14. The van der Waals surface area contributed by atoms with Crippen LogP contribution in [0.25, 0.3) is 0 Å². The molecule has 0 saturated carbocycles. The molecule has 1 atom stereocenters. The molecule has 1 unspecified atom stereocenters. The minimum absolute atomic E-state index is 0.103. The van der Waals surface area contributed by atoms with Gasteiger partial charge in [0.1, 0.15) is 12.6 Å². The summed E-state index contributed by atoms with van der Waals surface area (Å²) in [6.07, 6.45) is 35.9. The van der Waals surface area contributed by atoms with Gasteiger partial charge in [-0.1, -0.05) is 108 Å². The molecule has 0 aliphatic heterocycles. The number of carbonyl (C=O) groups is 3. The van der Waals surface area contributed by atoms with E-state index in [1.807, 2.05) is 6.08 Å². The van der Waals surface area contributed by atoms with E-state index in [9.17, 15) is 14.4 Å². The Labute approximate surface area is 251 Å². The smallest absolute Gasteiger partial charge is 0.322 e. The lowest BCUT2D eigenvalue weighted by atomic mass is 10.1. The number of hydrogen-bond donors (Lipinski definition) is 2. The van der Waals surface area contributed by atoms with Crippen molar-refractivity contribution in [2.24, 2.45) is 0 Å². The van der Waals surface area contributed by atoms with E-state index in [2.05, 4.69) is 49.5 Å². The van der Waals surface area contributed by atoms with Crippen LogP contribution in [0, 0.1) is 0 Å². The zero-order chi connectivity index (χ0) is 30.2. The zero-order valence-corrected chi connectivity index (χ0v) is 26.4. The van der Waals surface area contributed by atoms with Gasteiger partial charge in [-0.3, -0.25) is 14.4 Å². The van der Waals surface area contributed by atoms with Crippen LogP contribution in [0.2, 0.25) is 0 Å². The molecule has 0 aromatic rings. The van der Waals surface area contributed by atoms with Crippen LogP contribution in [0.4, 0.5) is 0 Å². The number of nitrogens with one attached hydrogen (secondary N) is 1. The molecule has 0 aliphatic carbocycles. The van der Waals surface area contributed by atoms with Crippen molar-refractivity contribution in [2.75, 3.05) is 6.54 Å². The summed E-state index contributed by atoms with van der Waals surface area (Å²) in [5.74, 6) is -1.35. The molecule has 236 valence electrons. The number of carboxylic acid groups (broad SMARTS) is 1. The number of carbonyl (C=O) groups excluding carboxylic acids is 2. The van der Waals surface area contributed by atoms with E-state index < -0.39 is 5.97 Å². The van der Waals surface area contributed by atoms with Crippen molar-refractivity contribution >= 4 is 17.8 Å². The molecule has 0 aliphatic rings. The van der Waals surface area contributed by atoms with E-state index in [1.165, 1.54) is 64.2 Å². The SMILES string of the molecule is CCC/C=C\C(CCCCCCC(=O)NCC(=O)O)OC(=O)CCCCCCCCC/C=C\C/C=C\CCCCC. The second kappa shape index (κ2) is 30.6. The van der Waals surface area contributed by atoms with Crippen LogP contribution >= 0.6 is 0 Å². The summed E-state index contributed by atoms with van der Waals surface area (Å²) in [6, 6.07) is 0. The van der Waals surface area contributed by atoms with E-state index in [0.717, 1.165) is 64.2 Å². The first-order chi connectivity index (χ1) is 20.0. The lowest BCUT2D eigenvalue weighted by molar-refractivity contribution is -0.147. The van der Waals surface area contributed by atoms with Crippen molar-refractivity contribution in [3.8, 4) is 0 Å². The number of aliphatic carboxylic acids is 1. The Bertz CT molecular complexity index is 728. The maximum Gasteiger partial charge on any atom is 0.322 e. The zero-order valence-electron chi connectivity index (χ0n) is 26.4. The molecule has 0 bridgehead atoms. The maximum atomic E-state index is 12.4. The second-order valence-corrected chi connectivity index (χ2v) is 11.1. The van der Waals surface area contributed by atoms with E-state index in [-0.39, 0.29) is 24.5 Å². The topological polar surface area (TPSA) is 92.7 Å². The summed E-state index contributed by atoms with van der Waals surface area (Å²) < 4.78 is 5.77. The summed E-state index contributed by atoms with van der Waals surface area (Å²) in [5.41, 5.74) is 0. The molecular formula is C35H61NO5. The molecule has 0 rings (SSSR count). The first-order valence-electron chi connectivity index (χ1n) is 16.6. The average molecular weight is 576 g/mol. The van der Waals surface area contributed by atoms with Crippen molar-refractivity contribution in [1.82, 2.24) is 5.32 Å². The highest BCUT2D eigenvalue weighted by atomic mass is 16.5. The molecule has 0 aromatic heterocycles. The molecule has 0 spiro atoms. The Balaban J connectivity index is 3.85. The van der Waals surface area contributed by atoms with E-state index in [0.29, 0.717) is 12.8 Å². The third kappa shape index (κ3) is 30.4. The van der Waals surface area contributed by atoms with Crippen LogP contribution in [-0.4, -0.2) is 35.6 Å². The normalized spacial score (nSPS) is 12.4. The van der Waals surface area contributed by atoms with Gasteiger partial charge in [-0.25, -0.2) is 0 Å².